The first-order valence-corrected chi connectivity index (χ1v) is 7.41. The van der Waals surface area contributed by atoms with Gasteiger partial charge in [-0.15, -0.1) is 0 Å². The molecule has 1 saturated heterocycles. The molecule has 1 heterocycles. The van der Waals surface area contributed by atoms with Gasteiger partial charge in [0.1, 0.15) is 8.11 Å². The van der Waals surface area contributed by atoms with Gasteiger partial charge in [0.2, 0.25) is 0 Å². The maximum Gasteiger partial charge on any atom is 0.134 e. The molecule has 0 spiro atoms. The molecule has 1 rings (SSSR count). The average Bonchev–Trinajstić information content (AvgIpc) is 1.30. The Morgan fingerprint density at radius 1 is 1.60 bits per heavy atom. The first kappa shape index (κ1) is 3.90. The largest absolute Gasteiger partial charge is 0.172 e. The Kier molecular flexibility index (Phi) is 1.13. The van der Waals surface area contributed by atoms with Crippen LogP contribution in [0.1, 0.15) is 0 Å². The Bertz CT molecular complexity index is 34.6. The van der Waals surface area contributed by atoms with E-state index in [9.17, 15) is 0 Å². The maximum absolute atomic E-state index is 5.72. The summed E-state index contributed by atoms with van der Waals surface area (Å²) < 4.78 is 0. The maximum atomic E-state index is 5.72. The van der Waals surface area contributed by atoms with E-state index >= 15 is 0 Å². The van der Waals surface area contributed by atoms with E-state index in [2.05, 4.69) is 0 Å². The summed E-state index contributed by atoms with van der Waals surface area (Å²) in [5.41, 5.74) is 3.06. The lowest BCUT2D eigenvalue weighted by molar-refractivity contribution is 1.68. The van der Waals surface area contributed by atoms with Gasteiger partial charge in [0.25, 0.3) is 0 Å². The van der Waals surface area contributed by atoms with E-state index < -0.39 is 8.11 Å². The van der Waals surface area contributed by atoms with Crippen LogP contribution >= 0.6 is 11.1 Å². The molecule has 0 amide bonds. The normalized spacial score (nSPS) is 41.4. The van der Waals surface area contributed by atoms with Gasteiger partial charge >= 0.3 is 0 Å². The second-order valence-electron chi connectivity index (χ2n) is 1.53. The monoisotopic (exact) mass is 122 g/mol. The van der Waals surface area contributed by atoms with Gasteiger partial charge in [-0.25, -0.2) is 0 Å². The summed E-state index contributed by atoms with van der Waals surface area (Å²) >= 11 is 5.72. The van der Waals surface area contributed by atoms with Crippen LogP contribution in [0.15, 0.2) is 0 Å². The molecule has 30 valence electrons. The summed E-state index contributed by atoms with van der Waals surface area (Å²) in [5, 5.41) is 0. The van der Waals surface area contributed by atoms with Crippen molar-refractivity contribution in [3.8, 4) is 0 Å². The van der Waals surface area contributed by atoms with Crippen LogP contribution in [0.5, 0.6) is 0 Å². The minimum absolute atomic E-state index is 0.435. The van der Waals surface area contributed by atoms with Crippen molar-refractivity contribution in [2.75, 3.05) is 0 Å². The van der Waals surface area contributed by atoms with E-state index in [1.807, 2.05) is 0 Å². The summed E-state index contributed by atoms with van der Waals surface area (Å²) in [5.74, 6) is 0. The lowest BCUT2D eigenvalue weighted by Crippen LogP contribution is -2.22. The molecule has 1 fully saturated rings. The summed E-state index contributed by atoms with van der Waals surface area (Å²) in [4.78, 5) is 0. The van der Waals surface area contributed by atoms with Crippen LogP contribution in [0.3, 0.4) is 0 Å². The Labute approximate surface area is 40.7 Å². The predicted octanol–water partition coefficient (Wildman–Crippen LogP) is 0.0464. The number of hydrogen-bond donors (Lipinski definition) is 0. The van der Waals surface area contributed by atoms with Crippen molar-refractivity contribution in [1.82, 2.24) is 0 Å². The van der Waals surface area contributed by atoms with Crippen LogP contribution in [-0.4, -0.2) is 17.6 Å². The number of rotatable bonds is 0. The second kappa shape index (κ2) is 1.45. The van der Waals surface area contributed by atoms with Crippen molar-refractivity contribution >= 4 is 28.7 Å². The zero-order valence-electron chi connectivity index (χ0n) is 3.08. The van der Waals surface area contributed by atoms with Gasteiger partial charge in [-0.3, -0.25) is 0 Å². The fourth-order valence-electron chi connectivity index (χ4n) is 0.358. The minimum Gasteiger partial charge on any atom is -0.172 e. The molecule has 1 aliphatic heterocycles. The molecule has 0 nitrogen and oxygen atoms in total. The van der Waals surface area contributed by atoms with Gasteiger partial charge in [0.05, 0.1) is 0 Å². The Morgan fingerprint density at radius 2 is 2.00 bits per heavy atom. The molecule has 0 radical (unpaired) electrons. The number of hydrogen-bond acceptors (Lipinski definition) is 0. The van der Waals surface area contributed by atoms with Crippen LogP contribution in [0.25, 0.3) is 0 Å². The molecule has 5 heavy (non-hydrogen) atoms. The Balaban J connectivity index is 2.08. The molecule has 0 aromatic carbocycles. The standard InChI is InChI=1S/C2H7ClSi2/c3-5-1-4-2-5/h5H,1-2,4H2. The van der Waals surface area contributed by atoms with Gasteiger partial charge in [0, 0.05) is 9.52 Å². The average molecular weight is 123 g/mol. The fourth-order valence-corrected chi connectivity index (χ4v) is 6.00. The molecule has 0 saturated carbocycles. The van der Waals surface area contributed by atoms with E-state index in [1.165, 1.54) is 11.3 Å². The molecule has 3 heteroatoms. The van der Waals surface area contributed by atoms with Crippen LogP contribution < -0.4 is 0 Å². The fraction of sp³-hybridized carbons (Fsp3) is 1.00. The van der Waals surface area contributed by atoms with Gasteiger partial charge in [-0.05, 0) is 0 Å². The van der Waals surface area contributed by atoms with Crippen molar-refractivity contribution in [2.24, 2.45) is 0 Å². The van der Waals surface area contributed by atoms with E-state index in [4.69, 9.17) is 11.1 Å². The summed E-state index contributed by atoms with van der Waals surface area (Å²) in [6.45, 7) is 0. The highest BCUT2D eigenvalue weighted by molar-refractivity contribution is 7.17. The van der Waals surface area contributed by atoms with E-state index in [0.717, 1.165) is 0 Å². The molecule has 0 aromatic rings. The predicted molar refractivity (Wildman–Crippen MR) is 31.2 cm³/mol. The molecule has 0 unspecified atom stereocenters. The van der Waals surface area contributed by atoms with Crippen LogP contribution in [0, 0.1) is 0 Å². The topological polar surface area (TPSA) is 0 Å². The zero-order valence-corrected chi connectivity index (χ0v) is 6.40. The molecule has 1 aliphatic rings. The summed E-state index contributed by atoms with van der Waals surface area (Å²) in [6.07, 6.45) is 0. The van der Waals surface area contributed by atoms with Gasteiger partial charge < -0.3 is 0 Å². The Hall–Kier alpha value is 0.724. The van der Waals surface area contributed by atoms with E-state index in [0.29, 0.717) is 9.52 Å². The van der Waals surface area contributed by atoms with Gasteiger partial charge in [-0.2, -0.15) is 11.1 Å². The molecular formula is C2H7ClSi2. The van der Waals surface area contributed by atoms with Crippen LogP contribution in [-0.2, 0) is 0 Å². The van der Waals surface area contributed by atoms with Gasteiger partial charge in [0.15, 0.2) is 0 Å². The minimum atomic E-state index is -0.435. The lowest BCUT2D eigenvalue weighted by atomic mass is 11.8. The first-order chi connectivity index (χ1) is 2.39. The number of halogens is 1. The SMILES string of the molecule is Cl[SiH]1C[SiH2]C1. The molecule has 0 aliphatic carbocycles. The molecular weight excluding hydrogens is 116 g/mol. The van der Waals surface area contributed by atoms with Crippen molar-refractivity contribution in [3.63, 3.8) is 0 Å². The molecule has 0 atom stereocenters. The van der Waals surface area contributed by atoms with Gasteiger partial charge in [-0.1, -0.05) is 11.3 Å². The smallest absolute Gasteiger partial charge is 0.134 e. The third-order valence-corrected chi connectivity index (χ3v) is 13.2. The van der Waals surface area contributed by atoms with Crippen molar-refractivity contribution < 1.29 is 0 Å². The highest BCUT2D eigenvalue weighted by Crippen LogP contribution is 2.12. The Morgan fingerprint density at radius 3 is 2.00 bits per heavy atom. The van der Waals surface area contributed by atoms with E-state index in [-0.39, 0.29) is 0 Å². The second-order valence-corrected chi connectivity index (χ2v) is 9.90. The summed E-state index contributed by atoms with van der Waals surface area (Å²) in [7, 11) is 0.0521. The van der Waals surface area contributed by atoms with E-state index in [1.54, 1.807) is 0 Å². The first-order valence-electron chi connectivity index (χ1n) is 2.03. The molecule has 0 N–H and O–H groups in total. The zero-order chi connectivity index (χ0) is 3.70. The summed E-state index contributed by atoms with van der Waals surface area (Å²) in [6, 6.07) is 0. The van der Waals surface area contributed by atoms with Crippen molar-refractivity contribution in [1.29, 1.82) is 0 Å². The van der Waals surface area contributed by atoms with Crippen LogP contribution in [0.2, 0.25) is 11.3 Å². The highest BCUT2D eigenvalue weighted by Gasteiger charge is 2.15. The highest BCUT2D eigenvalue weighted by atomic mass is 35.6. The lowest BCUT2D eigenvalue weighted by Gasteiger charge is -2.13. The van der Waals surface area contributed by atoms with Crippen LogP contribution in [0.4, 0.5) is 0 Å². The third-order valence-electron chi connectivity index (χ3n) is 1.03. The van der Waals surface area contributed by atoms with Crippen molar-refractivity contribution in [2.45, 2.75) is 11.3 Å². The quantitative estimate of drug-likeness (QED) is 0.315. The molecule has 0 aromatic heterocycles. The van der Waals surface area contributed by atoms with Crippen molar-refractivity contribution in [3.05, 3.63) is 0 Å². The molecule has 0 bridgehead atoms. The third kappa shape index (κ3) is 0.775.